The first kappa shape index (κ1) is 12.8. The minimum atomic E-state index is -0.294. The molecule has 2 rings (SSSR count). The summed E-state index contributed by atoms with van der Waals surface area (Å²) in [6, 6.07) is 5.79. The first-order valence-corrected chi connectivity index (χ1v) is 6.15. The molecular weight excluding hydrogens is 230 g/mol. The Labute approximate surface area is 107 Å². The van der Waals surface area contributed by atoms with Crippen molar-refractivity contribution in [1.29, 1.82) is 0 Å². The van der Waals surface area contributed by atoms with Crippen molar-refractivity contribution in [3.63, 3.8) is 0 Å². The van der Waals surface area contributed by atoms with E-state index in [-0.39, 0.29) is 10.6 Å². The van der Waals surface area contributed by atoms with Crippen LogP contribution in [0.5, 0.6) is 0 Å². The van der Waals surface area contributed by atoms with Crippen molar-refractivity contribution in [1.82, 2.24) is 4.90 Å². The van der Waals surface area contributed by atoms with Crippen molar-refractivity contribution in [3.8, 4) is 0 Å². The van der Waals surface area contributed by atoms with Gasteiger partial charge in [0, 0.05) is 25.2 Å². The first-order valence-electron chi connectivity index (χ1n) is 6.15. The Morgan fingerprint density at radius 3 is 2.72 bits per heavy atom. The predicted octanol–water partition coefficient (Wildman–Crippen LogP) is 2.04. The van der Waals surface area contributed by atoms with E-state index in [9.17, 15) is 10.1 Å². The van der Waals surface area contributed by atoms with Crippen LogP contribution in [-0.2, 0) is 0 Å². The Kier molecular flexibility index (Phi) is 3.52. The lowest BCUT2D eigenvalue weighted by molar-refractivity contribution is -0.384. The highest BCUT2D eigenvalue weighted by Crippen LogP contribution is 2.32. The molecule has 1 atom stereocenters. The molecule has 0 bridgehead atoms. The van der Waals surface area contributed by atoms with Gasteiger partial charge in [-0.2, -0.15) is 0 Å². The van der Waals surface area contributed by atoms with Crippen LogP contribution in [0.4, 0.5) is 11.4 Å². The largest absolute Gasteiger partial charge is 0.364 e. The van der Waals surface area contributed by atoms with Gasteiger partial charge in [0.2, 0.25) is 0 Å². The van der Waals surface area contributed by atoms with E-state index < -0.39 is 0 Å². The smallest absolute Gasteiger partial charge is 0.292 e. The molecule has 0 amide bonds. The molecular formula is C13H19N3O2. The highest BCUT2D eigenvalue weighted by atomic mass is 16.6. The molecule has 1 heterocycles. The Bertz CT molecular complexity index is 460. The number of benzene rings is 1. The van der Waals surface area contributed by atoms with Crippen LogP contribution in [0.15, 0.2) is 18.2 Å². The minimum absolute atomic E-state index is 0.208. The summed E-state index contributed by atoms with van der Waals surface area (Å²) in [5, 5.41) is 11.1. The van der Waals surface area contributed by atoms with E-state index in [4.69, 9.17) is 0 Å². The summed E-state index contributed by atoms with van der Waals surface area (Å²) in [6.07, 6.45) is 1.05. The maximum Gasteiger partial charge on any atom is 0.292 e. The predicted molar refractivity (Wildman–Crippen MR) is 72.1 cm³/mol. The highest BCUT2D eigenvalue weighted by molar-refractivity contribution is 5.65. The molecule has 18 heavy (non-hydrogen) atoms. The molecule has 5 heteroatoms. The number of rotatable bonds is 3. The van der Waals surface area contributed by atoms with Gasteiger partial charge < -0.3 is 9.80 Å². The van der Waals surface area contributed by atoms with E-state index in [2.05, 4.69) is 23.9 Å². The fourth-order valence-electron chi connectivity index (χ4n) is 2.42. The molecule has 1 unspecified atom stereocenters. The van der Waals surface area contributed by atoms with Gasteiger partial charge in [-0.25, -0.2) is 0 Å². The monoisotopic (exact) mass is 249 g/mol. The molecule has 1 aliphatic heterocycles. The molecule has 0 saturated carbocycles. The Hall–Kier alpha value is -1.62. The van der Waals surface area contributed by atoms with Crippen molar-refractivity contribution in [2.45, 2.75) is 19.4 Å². The van der Waals surface area contributed by atoms with Gasteiger partial charge >= 0.3 is 0 Å². The molecule has 1 saturated heterocycles. The SMILES string of the molecule is Cc1ccc([N+](=O)[O-])c(N2CCC(N(C)C)C2)c1. The fraction of sp³-hybridized carbons (Fsp3) is 0.538. The van der Waals surface area contributed by atoms with Gasteiger partial charge in [0.15, 0.2) is 0 Å². The van der Waals surface area contributed by atoms with Crippen LogP contribution in [-0.4, -0.2) is 43.0 Å². The molecule has 0 spiro atoms. The van der Waals surface area contributed by atoms with Gasteiger partial charge in [-0.05, 0) is 39.1 Å². The third kappa shape index (κ3) is 2.46. The zero-order chi connectivity index (χ0) is 13.3. The van der Waals surface area contributed by atoms with Crippen LogP contribution in [0.2, 0.25) is 0 Å². The number of anilines is 1. The van der Waals surface area contributed by atoms with Crippen LogP contribution in [0.3, 0.4) is 0 Å². The molecule has 0 aliphatic carbocycles. The quantitative estimate of drug-likeness (QED) is 0.607. The number of likely N-dealkylation sites (N-methyl/N-ethyl adjacent to an activating group) is 1. The van der Waals surface area contributed by atoms with Gasteiger partial charge in [-0.15, -0.1) is 0 Å². The number of hydrogen-bond acceptors (Lipinski definition) is 4. The summed E-state index contributed by atoms with van der Waals surface area (Å²) < 4.78 is 0. The number of aryl methyl sites for hydroxylation is 1. The average molecular weight is 249 g/mol. The van der Waals surface area contributed by atoms with Gasteiger partial charge in [0.25, 0.3) is 5.69 Å². The Morgan fingerprint density at radius 1 is 1.44 bits per heavy atom. The maximum absolute atomic E-state index is 11.1. The van der Waals surface area contributed by atoms with Gasteiger partial charge in [-0.1, -0.05) is 6.07 Å². The van der Waals surface area contributed by atoms with E-state index >= 15 is 0 Å². The van der Waals surface area contributed by atoms with Crippen LogP contribution in [0.25, 0.3) is 0 Å². The van der Waals surface area contributed by atoms with Gasteiger partial charge in [0.1, 0.15) is 5.69 Å². The van der Waals surface area contributed by atoms with Crippen LogP contribution in [0, 0.1) is 17.0 Å². The van der Waals surface area contributed by atoms with E-state index in [1.165, 1.54) is 0 Å². The molecule has 98 valence electrons. The Morgan fingerprint density at radius 2 is 2.17 bits per heavy atom. The summed E-state index contributed by atoms with van der Waals surface area (Å²) in [6.45, 7) is 3.71. The number of hydrogen-bond donors (Lipinski definition) is 0. The summed E-state index contributed by atoms with van der Waals surface area (Å²) >= 11 is 0. The van der Waals surface area contributed by atoms with Gasteiger partial charge in [-0.3, -0.25) is 10.1 Å². The Balaban J connectivity index is 2.28. The lowest BCUT2D eigenvalue weighted by atomic mass is 10.2. The molecule has 1 aliphatic rings. The standard InChI is InChI=1S/C13H19N3O2/c1-10-4-5-12(16(17)18)13(8-10)15-7-6-11(9-15)14(2)3/h4-5,8,11H,6-7,9H2,1-3H3. The van der Waals surface area contributed by atoms with E-state index in [1.807, 2.05) is 13.0 Å². The summed E-state index contributed by atoms with van der Waals surface area (Å²) in [4.78, 5) is 15.1. The molecule has 5 nitrogen and oxygen atoms in total. The first-order chi connectivity index (χ1) is 8.49. The summed E-state index contributed by atoms with van der Waals surface area (Å²) in [5.74, 6) is 0. The number of nitrogens with zero attached hydrogens (tertiary/aromatic N) is 3. The van der Waals surface area contributed by atoms with Gasteiger partial charge in [0.05, 0.1) is 4.92 Å². The van der Waals surface area contributed by atoms with Crippen molar-refractivity contribution < 1.29 is 4.92 Å². The zero-order valence-corrected chi connectivity index (χ0v) is 11.1. The number of nitro benzene ring substituents is 1. The van der Waals surface area contributed by atoms with E-state index in [0.717, 1.165) is 30.8 Å². The fourth-order valence-corrected chi connectivity index (χ4v) is 2.42. The molecule has 1 fully saturated rings. The van der Waals surface area contributed by atoms with Crippen molar-refractivity contribution in [2.24, 2.45) is 0 Å². The minimum Gasteiger partial charge on any atom is -0.364 e. The zero-order valence-electron chi connectivity index (χ0n) is 11.1. The van der Waals surface area contributed by atoms with E-state index in [1.54, 1.807) is 12.1 Å². The normalized spacial score (nSPS) is 19.6. The van der Waals surface area contributed by atoms with E-state index in [0.29, 0.717) is 6.04 Å². The molecule has 0 aromatic heterocycles. The van der Waals surface area contributed by atoms with Crippen LogP contribution >= 0.6 is 0 Å². The second-order valence-electron chi connectivity index (χ2n) is 5.10. The molecule has 1 aromatic carbocycles. The van der Waals surface area contributed by atoms with Crippen molar-refractivity contribution >= 4 is 11.4 Å². The molecule has 0 N–H and O–H groups in total. The second-order valence-corrected chi connectivity index (χ2v) is 5.10. The molecule has 1 aromatic rings. The van der Waals surface area contributed by atoms with Crippen molar-refractivity contribution in [3.05, 3.63) is 33.9 Å². The maximum atomic E-state index is 11.1. The lowest BCUT2D eigenvalue weighted by Crippen LogP contribution is -2.31. The van der Waals surface area contributed by atoms with Crippen LogP contribution < -0.4 is 4.90 Å². The second kappa shape index (κ2) is 4.94. The summed E-state index contributed by atoms with van der Waals surface area (Å²) in [7, 11) is 4.11. The lowest BCUT2D eigenvalue weighted by Gasteiger charge is -2.21. The highest BCUT2D eigenvalue weighted by Gasteiger charge is 2.28. The van der Waals surface area contributed by atoms with Crippen LogP contribution in [0.1, 0.15) is 12.0 Å². The third-order valence-electron chi connectivity index (χ3n) is 3.56. The number of nitro groups is 1. The third-order valence-corrected chi connectivity index (χ3v) is 3.56. The topological polar surface area (TPSA) is 49.6 Å². The summed E-state index contributed by atoms with van der Waals surface area (Å²) in [5.41, 5.74) is 2.02. The average Bonchev–Trinajstić information content (AvgIpc) is 2.77. The van der Waals surface area contributed by atoms with Crippen molar-refractivity contribution in [2.75, 3.05) is 32.1 Å². The molecule has 0 radical (unpaired) electrons.